The summed E-state index contributed by atoms with van der Waals surface area (Å²) in [6.45, 7) is 1.91. The zero-order valence-corrected chi connectivity index (χ0v) is 17.8. The van der Waals surface area contributed by atoms with Crippen LogP contribution in [-0.2, 0) is 4.79 Å². The Balaban J connectivity index is 1.85. The largest absolute Gasteiger partial charge is 0.483 e. The number of hydrogen-bond acceptors (Lipinski definition) is 3. The van der Waals surface area contributed by atoms with E-state index in [2.05, 4.69) is 0 Å². The van der Waals surface area contributed by atoms with E-state index in [4.69, 9.17) is 10.00 Å². The molecular weight excluding hydrogens is 429 g/mol. The van der Waals surface area contributed by atoms with Gasteiger partial charge in [-0.3, -0.25) is 4.79 Å². The second-order valence-corrected chi connectivity index (χ2v) is 8.03. The van der Waals surface area contributed by atoms with Gasteiger partial charge in [0.25, 0.3) is 0 Å². The van der Waals surface area contributed by atoms with Crippen LogP contribution in [0, 0.1) is 28.8 Å². The molecule has 0 spiro atoms. The molecule has 3 aromatic rings. The van der Waals surface area contributed by atoms with E-state index in [1.165, 1.54) is 18.2 Å². The van der Waals surface area contributed by atoms with E-state index >= 15 is 0 Å². The molecule has 168 valence electrons. The predicted octanol–water partition coefficient (Wildman–Crippen LogP) is 5.85. The Kier molecular flexibility index (Phi) is 6.36. The van der Waals surface area contributed by atoms with Crippen molar-refractivity contribution in [3.63, 3.8) is 0 Å². The Morgan fingerprint density at radius 2 is 1.64 bits per heavy atom. The van der Waals surface area contributed by atoms with Gasteiger partial charge in [-0.05, 0) is 73.0 Å². The summed E-state index contributed by atoms with van der Waals surface area (Å²) in [6.07, 6.45) is 0.0565. The van der Waals surface area contributed by atoms with Crippen molar-refractivity contribution in [1.82, 2.24) is 4.90 Å². The maximum atomic E-state index is 14.2. The molecule has 4 nitrogen and oxygen atoms in total. The molecule has 1 heterocycles. The lowest BCUT2D eigenvalue weighted by Crippen LogP contribution is -2.40. The van der Waals surface area contributed by atoms with Crippen molar-refractivity contribution in [2.24, 2.45) is 0 Å². The number of hydrogen-bond donors (Lipinski definition) is 0. The lowest BCUT2D eigenvalue weighted by atomic mass is 9.93. The first kappa shape index (κ1) is 22.4. The minimum absolute atomic E-state index is 0.104. The van der Waals surface area contributed by atoms with Crippen molar-refractivity contribution >= 4 is 5.91 Å². The molecule has 1 saturated heterocycles. The smallest absolute Gasteiger partial charge is 0.223 e. The van der Waals surface area contributed by atoms with Crippen LogP contribution in [-0.4, -0.2) is 16.8 Å². The van der Waals surface area contributed by atoms with Crippen LogP contribution in [0.1, 0.15) is 48.6 Å². The molecule has 0 bridgehead atoms. The Morgan fingerprint density at radius 1 is 0.970 bits per heavy atom. The van der Waals surface area contributed by atoms with E-state index in [1.54, 1.807) is 41.3 Å². The number of carbonyl (C=O) groups is 1. The molecule has 0 aromatic heterocycles. The highest BCUT2D eigenvalue weighted by Gasteiger charge is 2.40. The van der Waals surface area contributed by atoms with Gasteiger partial charge in [0.2, 0.25) is 5.91 Å². The number of ether oxygens (including phenoxy) is 1. The molecule has 4 rings (SSSR count). The molecule has 0 saturated carbocycles. The Hall–Kier alpha value is -3.79. The fourth-order valence-electron chi connectivity index (χ4n) is 4.18. The van der Waals surface area contributed by atoms with E-state index in [1.807, 2.05) is 13.0 Å². The number of carbonyl (C=O) groups excluding carboxylic acids is 1. The first-order valence-electron chi connectivity index (χ1n) is 10.6. The maximum absolute atomic E-state index is 14.2. The molecule has 1 unspecified atom stereocenters. The summed E-state index contributed by atoms with van der Waals surface area (Å²) in [5, 5.41) is 9.06. The molecule has 1 amide bonds. The number of nitrogens with zero attached hydrogens (tertiary/aromatic N) is 2. The number of likely N-dealkylation sites (tertiary alicyclic amines) is 1. The van der Waals surface area contributed by atoms with Gasteiger partial charge in [0, 0.05) is 12.5 Å². The number of amides is 1. The van der Waals surface area contributed by atoms with Crippen molar-refractivity contribution in [3.8, 4) is 11.8 Å². The van der Waals surface area contributed by atoms with Gasteiger partial charge in [-0.15, -0.1) is 0 Å². The molecule has 0 N–H and O–H groups in total. The zero-order chi connectivity index (χ0) is 23.5. The van der Waals surface area contributed by atoms with Gasteiger partial charge in [-0.1, -0.05) is 18.2 Å². The molecular formula is C26H21F3N2O2. The summed E-state index contributed by atoms with van der Waals surface area (Å²) in [5.41, 5.74) is 1.35. The molecule has 0 aliphatic carbocycles. The Morgan fingerprint density at radius 3 is 2.21 bits per heavy atom. The van der Waals surface area contributed by atoms with Crippen LogP contribution in [0.15, 0.2) is 66.7 Å². The summed E-state index contributed by atoms with van der Waals surface area (Å²) >= 11 is 0. The summed E-state index contributed by atoms with van der Waals surface area (Å²) in [6, 6.07) is 16.7. The number of rotatable bonds is 6. The van der Waals surface area contributed by atoms with Crippen LogP contribution in [0.5, 0.6) is 5.75 Å². The van der Waals surface area contributed by atoms with Crippen LogP contribution >= 0.6 is 0 Å². The molecule has 3 atom stereocenters. The molecule has 7 heteroatoms. The highest BCUT2D eigenvalue weighted by molar-refractivity contribution is 5.79. The third-order valence-corrected chi connectivity index (χ3v) is 5.86. The van der Waals surface area contributed by atoms with E-state index in [9.17, 15) is 18.0 Å². The normalized spacial score (nSPS) is 17.5. The highest BCUT2D eigenvalue weighted by atomic mass is 19.2. The zero-order valence-electron chi connectivity index (χ0n) is 17.8. The monoisotopic (exact) mass is 450 g/mol. The summed E-state index contributed by atoms with van der Waals surface area (Å²) < 4.78 is 47.9. The summed E-state index contributed by atoms with van der Waals surface area (Å²) in [7, 11) is 0. The van der Waals surface area contributed by atoms with Gasteiger partial charge in [0.1, 0.15) is 17.7 Å². The van der Waals surface area contributed by atoms with Gasteiger partial charge >= 0.3 is 0 Å². The van der Waals surface area contributed by atoms with Gasteiger partial charge in [0.05, 0.1) is 17.7 Å². The van der Waals surface area contributed by atoms with Crippen LogP contribution in [0.4, 0.5) is 13.2 Å². The SMILES string of the molecule is CC1CCC(=O)N1[C@H](c1ccc(F)cc1)[C@@H](Oc1ccc(C#N)cc1)c1ccc(F)c(F)c1. The van der Waals surface area contributed by atoms with E-state index in [-0.39, 0.29) is 11.9 Å². The molecule has 1 fully saturated rings. The van der Waals surface area contributed by atoms with Gasteiger partial charge in [-0.2, -0.15) is 5.26 Å². The van der Waals surface area contributed by atoms with Gasteiger partial charge in [-0.25, -0.2) is 13.2 Å². The fraction of sp³-hybridized carbons (Fsp3) is 0.231. The minimum atomic E-state index is -1.04. The standard InChI is InChI=1S/C26H21F3N2O2/c1-16-2-13-24(32)31(16)25(18-5-8-20(27)9-6-18)26(19-7-12-22(28)23(29)14-19)33-21-10-3-17(15-30)4-11-21/h3-12,14,16,25-26H,2,13H2,1H3/t16?,25-,26+/m1/s1. The molecule has 1 aliphatic heterocycles. The third kappa shape index (κ3) is 4.70. The second kappa shape index (κ2) is 9.37. The number of benzene rings is 3. The number of halogens is 3. The molecule has 33 heavy (non-hydrogen) atoms. The van der Waals surface area contributed by atoms with Crippen molar-refractivity contribution in [2.45, 2.75) is 38.0 Å². The van der Waals surface area contributed by atoms with Gasteiger partial charge in [0.15, 0.2) is 11.6 Å². The molecule has 0 radical (unpaired) electrons. The van der Waals surface area contributed by atoms with Crippen molar-refractivity contribution in [1.29, 1.82) is 5.26 Å². The maximum Gasteiger partial charge on any atom is 0.223 e. The number of nitriles is 1. The fourth-order valence-corrected chi connectivity index (χ4v) is 4.18. The van der Waals surface area contributed by atoms with E-state index in [0.29, 0.717) is 35.3 Å². The highest BCUT2D eigenvalue weighted by Crippen LogP contribution is 2.42. The minimum Gasteiger partial charge on any atom is -0.483 e. The third-order valence-electron chi connectivity index (χ3n) is 5.86. The first-order valence-corrected chi connectivity index (χ1v) is 10.6. The van der Waals surface area contributed by atoms with Crippen LogP contribution in [0.25, 0.3) is 0 Å². The topological polar surface area (TPSA) is 53.3 Å². The average Bonchev–Trinajstić information content (AvgIpc) is 3.15. The van der Waals surface area contributed by atoms with Crippen molar-refractivity contribution in [2.75, 3.05) is 0 Å². The lowest BCUT2D eigenvalue weighted by Gasteiger charge is -2.38. The first-order chi connectivity index (χ1) is 15.9. The van der Waals surface area contributed by atoms with E-state index in [0.717, 1.165) is 12.1 Å². The Bertz CT molecular complexity index is 1190. The van der Waals surface area contributed by atoms with Crippen molar-refractivity contribution < 1.29 is 22.7 Å². The van der Waals surface area contributed by atoms with Crippen LogP contribution in [0.3, 0.4) is 0 Å². The Labute approximate surface area is 189 Å². The van der Waals surface area contributed by atoms with Crippen LogP contribution in [0.2, 0.25) is 0 Å². The molecule has 1 aliphatic rings. The van der Waals surface area contributed by atoms with Gasteiger partial charge < -0.3 is 9.64 Å². The quantitative estimate of drug-likeness (QED) is 0.474. The van der Waals surface area contributed by atoms with Crippen LogP contribution < -0.4 is 4.74 Å². The summed E-state index contributed by atoms with van der Waals surface area (Å²) in [4.78, 5) is 14.6. The lowest BCUT2D eigenvalue weighted by molar-refractivity contribution is -0.133. The van der Waals surface area contributed by atoms with E-state index < -0.39 is 29.6 Å². The summed E-state index contributed by atoms with van der Waals surface area (Å²) in [5.74, 6) is -2.20. The second-order valence-electron chi connectivity index (χ2n) is 8.03. The molecule has 3 aromatic carbocycles. The average molecular weight is 450 g/mol. The predicted molar refractivity (Wildman–Crippen MR) is 116 cm³/mol. The van der Waals surface area contributed by atoms with Crippen molar-refractivity contribution in [3.05, 3.63) is 101 Å².